The Morgan fingerprint density at radius 2 is 2.56 bits per heavy atom. The molecule has 45 valence electrons. The van der Waals surface area contributed by atoms with Gasteiger partial charge in [0.05, 0.1) is 5.92 Å². The van der Waals surface area contributed by atoms with E-state index in [-0.39, 0.29) is 5.92 Å². The molecule has 0 aromatic carbocycles. The van der Waals surface area contributed by atoms with Gasteiger partial charge < -0.3 is 0 Å². The minimum atomic E-state index is 0.171. The third-order valence-electron chi connectivity index (χ3n) is 1.19. The fourth-order valence-electron chi connectivity index (χ4n) is 0.609. The van der Waals surface area contributed by atoms with Crippen LogP contribution in [0.1, 0.15) is 17.7 Å². The number of thiophene rings is 1. The maximum atomic E-state index is 6.84. The van der Waals surface area contributed by atoms with E-state index in [4.69, 9.17) is 6.42 Å². The number of hydrogen-bond donors (Lipinski definition) is 0. The average molecular weight is 135 g/mol. The highest BCUT2D eigenvalue weighted by atomic mass is 32.1. The standard InChI is InChI=1S/C8H7S/c1-3-7(2)8-5-4-6-9-8/h4-7H,2H3. The van der Waals surface area contributed by atoms with Gasteiger partial charge in [-0.2, -0.15) is 0 Å². The minimum Gasteiger partial charge on any atom is -0.148 e. The predicted molar refractivity (Wildman–Crippen MR) is 39.9 cm³/mol. The van der Waals surface area contributed by atoms with Gasteiger partial charge in [-0.25, -0.2) is 0 Å². The second-order valence-corrected chi connectivity index (χ2v) is 2.86. The first-order valence-electron chi connectivity index (χ1n) is 2.80. The molecule has 1 atom stereocenters. The van der Waals surface area contributed by atoms with Crippen LogP contribution in [0.15, 0.2) is 17.5 Å². The first-order chi connectivity index (χ1) is 4.34. The summed E-state index contributed by atoms with van der Waals surface area (Å²) in [4.78, 5) is 1.21. The summed E-state index contributed by atoms with van der Waals surface area (Å²) in [6, 6.07) is 4.02. The maximum Gasteiger partial charge on any atom is 0.0528 e. The Hall–Kier alpha value is -0.740. The molecule has 1 unspecified atom stereocenters. The van der Waals surface area contributed by atoms with Crippen LogP contribution in [0.3, 0.4) is 0 Å². The molecule has 0 aliphatic heterocycles. The Balaban J connectivity index is 2.80. The summed E-state index contributed by atoms with van der Waals surface area (Å²) < 4.78 is 0. The molecule has 0 fully saturated rings. The molecule has 1 rings (SSSR count). The molecular formula is C8H7S. The molecular weight excluding hydrogens is 128 g/mol. The molecule has 1 aromatic heterocycles. The van der Waals surface area contributed by atoms with Crippen molar-refractivity contribution < 1.29 is 0 Å². The van der Waals surface area contributed by atoms with Crippen LogP contribution in [-0.2, 0) is 0 Å². The van der Waals surface area contributed by atoms with Crippen LogP contribution >= 0.6 is 11.3 Å². The van der Waals surface area contributed by atoms with Gasteiger partial charge in [-0.15, -0.1) is 11.3 Å². The highest BCUT2D eigenvalue weighted by molar-refractivity contribution is 7.10. The first-order valence-corrected chi connectivity index (χ1v) is 3.68. The van der Waals surface area contributed by atoms with Crippen LogP contribution in [0.5, 0.6) is 0 Å². The molecule has 1 aromatic rings. The van der Waals surface area contributed by atoms with Crippen molar-refractivity contribution in [2.75, 3.05) is 0 Å². The van der Waals surface area contributed by atoms with Gasteiger partial charge in [0.2, 0.25) is 0 Å². The van der Waals surface area contributed by atoms with Gasteiger partial charge in [-0.1, -0.05) is 12.0 Å². The first kappa shape index (κ1) is 6.38. The Morgan fingerprint density at radius 3 is 3.00 bits per heavy atom. The van der Waals surface area contributed by atoms with E-state index >= 15 is 0 Å². The molecule has 0 spiro atoms. The lowest BCUT2D eigenvalue weighted by Gasteiger charge is -1.95. The van der Waals surface area contributed by atoms with Gasteiger partial charge in [0.1, 0.15) is 0 Å². The van der Waals surface area contributed by atoms with E-state index in [9.17, 15) is 0 Å². The summed E-state index contributed by atoms with van der Waals surface area (Å²) in [7, 11) is 0. The van der Waals surface area contributed by atoms with Crippen molar-refractivity contribution in [3.63, 3.8) is 0 Å². The summed E-state index contributed by atoms with van der Waals surface area (Å²) in [5, 5.41) is 2.02. The van der Waals surface area contributed by atoms with Crippen LogP contribution in [0.25, 0.3) is 0 Å². The van der Waals surface area contributed by atoms with Crippen molar-refractivity contribution >= 4 is 11.3 Å². The van der Waals surface area contributed by atoms with Crippen LogP contribution < -0.4 is 0 Å². The normalized spacial score (nSPS) is 12.4. The van der Waals surface area contributed by atoms with E-state index in [2.05, 4.69) is 5.92 Å². The highest BCUT2D eigenvalue weighted by Crippen LogP contribution is 2.18. The van der Waals surface area contributed by atoms with E-state index in [1.165, 1.54) is 4.88 Å². The van der Waals surface area contributed by atoms with Crippen LogP contribution in [-0.4, -0.2) is 0 Å². The fraction of sp³-hybridized carbons (Fsp3) is 0.250. The molecule has 0 aliphatic carbocycles. The summed E-state index contributed by atoms with van der Waals surface area (Å²) in [6.07, 6.45) is 6.84. The zero-order valence-electron chi connectivity index (χ0n) is 5.22. The van der Waals surface area contributed by atoms with Crippen LogP contribution in [0.4, 0.5) is 0 Å². The number of hydrogen-bond acceptors (Lipinski definition) is 1. The monoisotopic (exact) mass is 135 g/mol. The van der Waals surface area contributed by atoms with Gasteiger partial charge >= 0.3 is 0 Å². The zero-order valence-corrected chi connectivity index (χ0v) is 6.03. The summed E-state index contributed by atoms with van der Waals surface area (Å²) >= 11 is 1.67. The van der Waals surface area contributed by atoms with Gasteiger partial charge in [0, 0.05) is 4.88 Å². The van der Waals surface area contributed by atoms with Crippen molar-refractivity contribution in [1.82, 2.24) is 0 Å². The largest absolute Gasteiger partial charge is 0.148 e. The summed E-state index contributed by atoms with van der Waals surface area (Å²) in [5.41, 5.74) is 0. The lowest BCUT2D eigenvalue weighted by atomic mass is 10.2. The van der Waals surface area contributed by atoms with E-state index in [1.54, 1.807) is 11.3 Å². The lowest BCUT2D eigenvalue weighted by Crippen LogP contribution is -1.81. The van der Waals surface area contributed by atoms with Crippen molar-refractivity contribution in [3.05, 3.63) is 28.8 Å². The Labute approximate surface area is 59.5 Å². The van der Waals surface area contributed by atoms with Crippen molar-refractivity contribution in [3.8, 4) is 5.92 Å². The van der Waals surface area contributed by atoms with Gasteiger partial charge in [-0.05, 0) is 24.8 Å². The van der Waals surface area contributed by atoms with Crippen molar-refractivity contribution in [1.29, 1.82) is 0 Å². The van der Waals surface area contributed by atoms with Gasteiger partial charge in [-0.3, -0.25) is 0 Å². The molecule has 1 radical (unpaired) electrons. The van der Waals surface area contributed by atoms with E-state index in [0.717, 1.165) is 0 Å². The SMILES string of the molecule is [C]#CC(C)c1cccs1. The fourth-order valence-corrected chi connectivity index (χ4v) is 1.34. The molecule has 0 bridgehead atoms. The minimum absolute atomic E-state index is 0.171. The van der Waals surface area contributed by atoms with Crippen LogP contribution in [0, 0.1) is 12.3 Å². The Morgan fingerprint density at radius 1 is 1.78 bits per heavy atom. The Kier molecular flexibility index (Phi) is 1.92. The average Bonchev–Trinajstić information content (AvgIpc) is 2.37. The van der Waals surface area contributed by atoms with Crippen molar-refractivity contribution in [2.24, 2.45) is 0 Å². The van der Waals surface area contributed by atoms with E-state index < -0.39 is 0 Å². The Bertz CT molecular complexity index is 203. The molecule has 9 heavy (non-hydrogen) atoms. The number of rotatable bonds is 1. The smallest absolute Gasteiger partial charge is 0.0528 e. The quantitative estimate of drug-likeness (QED) is 0.519. The van der Waals surface area contributed by atoms with Crippen molar-refractivity contribution in [2.45, 2.75) is 12.8 Å². The molecule has 0 saturated heterocycles. The third kappa shape index (κ3) is 1.34. The van der Waals surface area contributed by atoms with E-state index in [0.29, 0.717) is 0 Å². The molecule has 1 heterocycles. The highest BCUT2D eigenvalue weighted by Gasteiger charge is 1.99. The third-order valence-corrected chi connectivity index (χ3v) is 2.24. The second-order valence-electron chi connectivity index (χ2n) is 1.88. The summed E-state index contributed by atoms with van der Waals surface area (Å²) in [5.74, 6) is 2.60. The molecule has 0 amide bonds. The maximum absolute atomic E-state index is 6.84. The predicted octanol–water partition coefficient (Wildman–Crippen LogP) is 2.44. The molecule has 1 heteroatoms. The molecule has 0 aliphatic rings. The zero-order chi connectivity index (χ0) is 6.69. The van der Waals surface area contributed by atoms with E-state index in [1.807, 2.05) is 24.4 Å². The topological polar surface area (TPSA) is 0 Å². The van der Waals surface area contributed by atoms with Gasteiger partial charge in [0.25, 0.3) is 0 Å². The lowest BCUT2D eigenvalue weighted by molar-refractivity contribution is 1.04. The van der Waals surface area contributed by atoms with Gasteiger partial charge in [0.15, 0.2) is 0 Å². The molecule has 0 N–H and O–H groups in total. The molecule has 0 nitrogen and oxygen atoms in total. The summed E-state index contributed by atoms with van der Waals surface area (Å²) in [6.45, 7) is 1.97. The van der Waals surface area contributed by atoms with Crippen LogP contribution in [0.2, 0.25) is 0 Å². The second kappa shape index (κ2) is 2.70. The molecule has 0 saturated carbocycles.